The number of aromatic nitrogens is 1. The van der Waals surface area contributed by atoms with Crippen LogP contribution in [0.3, 0.4) is 0 Å². The first-order chi connectivity index (χ1) is 9.15. The molecule has 100 valence electrons. The lowest BCUT2D eigenvalue weighted by Crippen LogP contribution is -2.44. The topological polar surface area (TPSA) is 45.4 Å². The van der Waals surface area contributed by atoms with Crippen LogP contribution in [0.15, 0.2) is 24.4 Å². The van der Waals surface area contributed by atoms with Gasteiger partial charge in [0.25, 0.3) is 0 Å². The summed E-state index contributed by atoms with van der Waals surface area (Å²) >= 11 is 0. The molecule has 19 heavy (non-hydrogen) atoms. The number of piperazine rings is 1. The van der Waals surface area contributed by atoms with Gasteiger partial charge in [0.15, 0.2) is 0 Å². The Morgan fingerprint density at radius 2 is 1.89 bits per heavy atom. The lowest BCUT2D eigenvalue weighted by atomic mass is 10.1. The molecule has 3 rings (SSSR count). The highest BCUT2D eigenvalue weighted by atomic mass is 19.1. The van der Waals surface area contributed by atoms with E-state index in [4.69, 9.17) is 5.73 Å². The SMILES string of the molecule is CN1CCN(c2nccc3c(N)cc(F)cc23)CC1. The molecule has 1 aromatic carbocycles. The van der Waals surface area contributed by atoms with E-state index in [-0.39, 0.29) is 5.82 Å². The van der Waals surface area contributed by atoms with E-state index in [9.17, 15) is 4.39 Å². The van der Waals surface area contributed by atoms with Crippen molar-refractivity contribution in [2.45, 2.75) is 0 Å². The van der Waals surface area contributed by atoms with E-state index in [1.54, 1.807) is 6.20 Å². The van der Waals surface area contributed by atoms with E-state index in [1.807, 2.05) is 6.07 Å². The molecule has 0 radical (unpaired) electrons. The summed E-state index contributed by atoms with van der Waals surface area (Å²) in [6.07, 6.45) is 1.74. The first kappa shape index (κ1) is 12.2. The third-order valence-corrected chi connectivity index (χ3v) is 3.66. The van der Waals surface area contributed by atoms with Gasteiger partial charge in [0.2, 0.25) is 0 Å². The molecule has 1 saturated heterocycles. The van der Waals surface area contributed by atoms with Gasteiger partial charge in [-0.25, -0.2) is 9.37 Å². The summed E-state index contributed by atoms with van der Waals surface area (Å²) in [4.78, 5) is 8.89. The Balaban J connectivity index is 2.08. The molecule has 1 fully saturated rings. The summed E-state index contributed by atoms with van der Waals surface area (Å²) in [5, 5.41) is 1.66. The van der Waals surface area contributed by atoms with Gasteiger partial charge < -0.3 is 15.5 Å². The number of rotatable bonds is 1. The maximum Gasteiger partial charge on any atom is 0.136 e. The van der Waals surface area contributed by atoms with Crippen LogP contribution in [-0.2, 0) is 0 Å². The van der Waals surface area contributed by atoms with Gasteiger partial charge in [-0.2, -0.15) is 0 Å². The Morgan fingerprint density at radius 1 is 1.16 bits per heavy atom. The Kier molecular flexibility index (Phi) is 2.98. The van der Waals surface area contributed by atoms with E-state index >= 15 is 0 Å². The van der Waals surface area contributed by atoms with Gasteiger partial charge in [-0.05, 0) is 25.2 Å². The van der Waals surface area contributed by atoms with Crippen molar-refractivity contribution in [3.63, 3.8) is 0 Å². The molecule has 0 amide bonds. The predicted octanol–water partition coefficient (Wildman–Crippen LogP) is 1.71. The summed E-state index contributed by atoms with van der Waals surface area (Å²) in [6.45, 7) is 3.78. The van der Waals surface area contributed by atoms with Crippen LogP contribution in [0.25, 0.3) is 10.8 Å². The number of hydrogen-bond acceptors (Lipinski definition) is 4. The molecule has 0 atom stereocenters. The number of halogens is 1. The van der Waals surface area contributed by atoms with Crippen molar-refractivity contribution in [2.24, 2.45) is 0 Å². The molecule has 0 bridgehead atoms. The average Bonchev–Trinajstić information content (AvgIpc) is 2.39. The third-order valence-electron chi connectivity index (χ3n) is 3.66. The minimum absolute atomic E-state index is 0.312. The quantitative estimate of drug-likeness (QED) is 0.793. The number of nitrogens with two attached hydrogens (primary N) is 1. The fraction of sp³-hybridized carbons (Fsp3) is 0.357. The zero-order chi connectivity index (χ0) is 13.4. The van der Waals surface area contributed by atoms with Crippen LogP contribution < -0.4 is 10.6 Å². The van der Waals surface area contributed by atoms with Crippen LogP contribution >= 0.6 is 0 Å². The van der Waals surface area contributed by atoms with Crippen molar-refractivity contribution >= 4 is 22.3 Å². The number of nitrogen functional groups attached to an aromatic ring is 1. The van der Waals surface area contributed by atoms with Crippen LogP contribution in [0.4, 0.5) is 15.9 Å². The largest absolute Gasteiger partial charge is 0.398 e. The minimum atomic E-state index is -0.312. The lowest BCUT2D eigenvalue weighted by Gasteiger charge is -2.33. The van der Waals surface area contributed by atoms with E-state index in [0.29, 0.717) is 5.69 Å². The molecule has 1 aliphatic rings. The average molecular weight is 260 g/mol. The van der Waals surface area contributed by atoms with Crippen LogP contribution in [0.1, 0.15) is 0 Å². The second-order valence-electron chi connectivity index (χ2n) is 5.02. The molecule has 2 heterocycles. The Morgan fingerprint density at radius 3 is 2.63 bits per heavy atom. The fourth-order valence-electron chi connectivity index (χ4n) is 2.53. The van der Waals surface area contributed by atoms with E-state index in [0.717, 1.165) is 42.8 Å². The molecule has 1 aromatic heterocycles. The fourth-order valence-corrected chi connectivity index (χ4v) is 2.53. The van der Waals surface area contributed by atoms with Gasteiger partial charge in [0.1, 0.15) is 11.6 Å². The Bertz CT molecular complexity index is 606. The molecule has 0 spiro atoms. The van der Waals surface area contributed by atoms with Crippen molar-refractivity contribution in [1.82, 2.24) is 9.88 Å². The first-order valence-corrected chi connectivity index (χ1v) is 6.42. The van der Waals surface area contributed by atoms with Crippen molar-refractivity contribution in [3.8, 4) is 0 Å². The molecule has 4 nitrogen and oxygen atoms in total. The number of likely N-dealkylation sites (N-methyl/N-ethyl adjacent to an activating group) is 1. The van der Waals surface area contributed by atoms with Crippen molar-refractivity contribution < 1.29 is 4.39 Å². The number of pyridine rings is 1. The van der Waals surface area contributed by atoms with E-state index in [2.05, 4.69) is 21.8 Å². The summed E-state index contributed by atoms with van der Waals surface area (Å²) in [6, 6.07) is 4.71. The van der Waals surface area contributed by atoms with Gasteiger partial charge in [0, 0.05) is 48.8 Å². The van der Waals surface area contributed by atoms with Gasteiger partial charge in [-0.1, -0.05) is 0 Å². The Hall–Kier alpha value is -1.88. The van der Waals surface area contributed by atoms with Crippen LogP contribution in [0.5, 0.6) is 0 Å². The van der Waals surface area contributed by atoms with Crippen molar-refractivity contribution in [3.05, 3.63) is 30.2 Å². The zero-order valence-electron chi connectivity index (χ0n) is 10.9. The molecule has 0 aliphatic carbocycles. The molecule has 1 aliphatic heterocycles. The molecule has 0 unspecified atom stereocenters. The van der Waals surface area contributed by atoms with Crippen LogP contribution in [0.2, 0.25) is 0 Å². The maximum atomic E-state index is 13.6. The first-order valence-electron chi connectivity index (χ1n) is 6.42. The third kappa shape index (κ3) is 2.21. The van der Waals surface area contributed by atoms with E-state index in [1.165, 1.54) is 12.1 Å². The van der Waals surface area contributed by atoms with Crippen LogP contribution in [0, 0.1) is 5.82 Å². The highest BCUT2D eigenvalue weighted by Crippen LogP contribution is 2.29. The molecule has 2 N–H and O–H groups in total. The summed E-state index contributed by atoms with van der Waals surface area (Å²) in [7, 11) is 2.10. The number of nitrogens with zero attached hydrogens (tertiary/aromatic N) is 3. The molecular formula is C14H17FN4. The molecular weight excluding hydrogens is 243 g/mol. The summed E-state index contributed by atoms with van der Waals surface area (Å²) < 4.78 is 13.6. The normalized spacial score (nSPS) is 17.1. The summed E-state index contributed by atoms with van der Waals surface area (Å²) in [5.41, 5.74) is 6.35. The van der Waals surface area contributed by atoms with Gasteiger partial charge >= 0.3 is 0 Å². The maximum absolute atomic E-state index is 13.6. The highest BCUT2D eigenvalue weighted by Gasteiger charge is 2.18. The predicted molar refractivity (Wildman–Crippen MR) is 75.8 cm³/mol. The van der Waals surface area contributed by atoms with Gasteiger partial charge in [-0.3, -0.25) is 0 Å². The standard InChI is InChI=1S/C14H17FN4/c1-18-4-6-19(7-5-18)14-12-8-10(15)9-13(16)11(12)2-3-17-14/h2-3,8-9H,4-7,16H2,1H3. The molecule has 5 heteroatoms. The monoisotopic (exact) mass is 260 g/mol. The van der Waals surface area contributed by atoms with Crippen molar-refractivity contribution in [2.75, 3.05) is 43.9 Å². The highest BCUT2D eigenvalue weighted by molar-refractivity contribution is 5.99. The minimum Gasteiger partial charge on any atom is -0.398 e. The number of benzene rings is 1. The smallest absolute Gasteiger partial charge is 0.136 e. The number of hydrogen-bond donors (Lipinski definition) is 1. The Labute approximate surface area is 111 Å². The van der Waals surface area contributed by atoms with E-state index < -0.39 is 0 Å². The number of fused-ring (bicyclic) bond motifs is 1. The second kappa shape index (κ2) is 4.66. The van der Waals surface area contributed by atoms with Gasteiger partial charge in [0.05, 0.1) is 0 Å². The summed E-state index contributed by atoms with van der Waals surface area (Å²) in [5.74, 6) is 0.519. The second-order valence-corrected chi connectivity index (χ2v) is 5.02. The lowest BCUT2D eigenvalue weighted by molar-refractivity contribution is 0.312. The molecule has 0 saturated carbocycles. The van der Waals surface area contributed by atoms with Crippen molar-refractivity contribution in [1.29, 1.82) is 0 Å². The van der Waals surface area contributed by atoms with Crippen LogP contribution in [-0.4, -0.2) is 43.1 Å². The number of anilines is 2. The zero-order valence-corrected chi connectivity index (χ0v) is 10.9. The molecule has 2 aromatic rings. The van der Waals surface area contributed by atoms with Gasteiger partial charge in [-0.15, -0.1) is 0 Å².